The number of carbonyl (C=O) groups is 2. The van der Waals surface area contributed by atoms with Crippen molar-refractivity contribution in [3.05, 3.63) is 41.6 Å². The normalized spacial score (nSPS) is 11.2. The van der Waals surface area contributed by atoms with E-state index in [0.717, 1.165) is 35.1 Å². The molecule has 0 bridgehead atoms. The minimum atomic E-state index is -4.50. The summed E-state index contributed by atoms with van der Waals surface area (Å²) in [6, 6.07) is 3.99. The summed E-state index contributed by atoms with van der Waals surface area (Å²) < 4.78 is 44.0. The van der Waals surface area contributed by atoms with Gasteiger partial charge in [0.1, 0.15) is 6.54 Å². The predicted octanol–water partition coefficient (Wildman–Crippen LogP) is 2.25. The summed E-state index contributed by atoms with van der Waals surface area (Å²) in [5.74, 6) is -1.54. The second-order valence-electron chi connectivity index (χ2n) is 4.89. The summed E-state index contributed by atoms with van der Waals surface area (Å²) in [6.07, 6.45) is -3.41. The van der Waals surface area contributed by atoms with Gasteiger partial charge in [-0.05, 0) is 19.1 Å². The molecule has 2 N–H and O–H groups in total. The monoisotopic (exact) mass is 357 g/mol. The van der Waals surface area contributed by atoms with E-state index in [1.165, 1.54) is 5.48 Å². The zero-order valence-electron chi connectivity index (χ0n) is 13.0. The first-order chi connectivity index (χ1) is 11.8. The maximum atomic E-state index is 12.7. The maximum absolute atomic E-state index is 12.7. The average Bonchev–Trinajstić information content (AvgIpc) is 2.97. The number of carbonyl (C=O) groups excluding carboxylic acids is 2. The van der Waals surface area contributed by atoms with E-state index in [9.17, 15) is 22.8 Å². The predicted molar refractivity (Wildman–Crippen MR) is 78.6 cm³/mol. The molecule has 1 heterocycles. The van der Waals surface area contributed by atoms with Gasteiger partial charge in [0.25, 0.3) is 5.91 Å². The molecule has 10 heteroatoms. The Labute approximate surface area is 140 Å². The lowest BCUT2D eigenvalue weighted by atomic mass is 10.1. The number of amides is 1. The van der Waals surface area contributed by atoms with Gasteiger partial charge < -0.3 is 4.74 Å². The Bertz CT molecular complexity index is 769. The molecule has 0 saturated heterocycles. The average molecular weight is 357 g/mol. The first-order valence-electron chi connectivity index (χ1n) is 7.11. The number of rotatable bonds is 5. The van der Waals surface area contributed by atoms with Gasteiger partial charge in [0.05, 0.1) is 29.6 Å². The molecule has 0 aliphatic heterocycles. The van der Waals surface area contributed by atoms with Crippen LogP contribution in [-0.2, 0) is 22.3 Å². The smallest absolute Gasteiger partial charge is 0.416 e. The number of halogens is 3. The Kier molecular flexibility index (Phi) is 5.42. The van der Waals surface area contributed by atoms with E-state index in [4.69, 9.17) is 9.94 Å². The van der Waals surface area contributed by atoms with Gasteiger partial charge in [0, 0.05) is 5.56 Å². The van der Waals surface area contributed by atoms with Crippen molar-refractivity contribution in [1.82, 2.24) is 15.3 Å². The summed E-state index contributed by atoms with van der Waals surface area (Å²) in [5, 5.41) is 12.7. The second kappa shape index (κ2) is 7.34. The maximum Gasteiger partial charge on any atom is 0.416 e. The van der Waals surface area contributed by atoms with E-state index in [1.54, 1.807) is 6.92 Å². The van der Waals surface area contributed by atoms with Crippen LogP contribution in [0.3, 0.4) is 0 Å². The van der Waals surface area contributed by atoms with Crippen LogP contribution in [0.1, 0.15) is 22.8 Å². The number of nitrogens with one attached hydrogen (secondary N) is 1. The number of nitrogens with zero attached hydrogens (tertiary/aromatic N) is 2. The summed E-state index contributed by atoms with van der Waals surface area (Å²) >= 11 is 0. The molecule has 134 valence electrons. The molecule has 0 spiro atoms. The Morgan fingerprint density at radius 2 is 1.92 bits per heavy atom. The Balaban J connectivity index is 2.47. The van der Waals surface area contributed by atoms with Crippen LogP contribution < -0.4 is 5.48 Å². The van der Waals surface area contributed by atoms with Gasteiger partial charge in [-0.15, -0.1) is 0 Å². The summed E-state index contributed by atoms with van der Waals surface area (Å²) in [7, 11) is 0. The third-order valence-electron chi connectivity index (χ3n) is 3.26. The topological polar surface area (TPSA) is 93.5 Å². The van der Waals surface area contributed by atoms with Gasteiger partial charge >= 0.3 is 12.1 Å². The number of hydrogen-bond donors (Lipinski definition) is 2. The molecule has 1 amide bonds. The Morgan fingerprint density at radius 3 is 2.44 bits per heavy atom. The highest BCUT2D eigenvalue weighted by Gasteiger charge is 2.30. The third-order valence-corrected chi connectivity index (χ3v) is 3.26. The van der Waals surface area contributed by atoms with E-state index in [-0.39, 0.29) is 30.0 Å². The highest BCUT2D eigenvalue weighted by atomic mass is 19.4. The van der Waals surface area contributed by atoms with Gasteiger partial charge in [-0.3, -0.25) is 19.5 Å². The quantitative estimate of drug-likeness (QED) is 0.486. The summed E-state index contributed by atoms with van der Waals surface area (Å²) in [4.78, 5) is 23.4. The highest BCUT2D eigenvalue weighted by Crippen LogP contribution is 2.32. The molecule has 7 nitrogen and oxygen atoms in total. The Hall–Kier alpha value is -2.88. The van der Waals surface area contributed by atoms with Crippen LogP contribution in [-0.4, -0.2) is 33.5 Å². The largest absolute Gasteiger partial charge is 0.465 e. The van der Waals surface area contributed by atoms with E-state index in [2.05, 4.69) is 5.10 Å². The first kappa shape index (κ1) is 18.5. The highest BCUT2D eigenvalue weighted by molar-refractivity contribution is 5.99. The molecule has 1 aromatic heterocycles. The van der Waals surface area contributed by atoms with Gasteiger partial charge in [0.2, 0.25) is 0 Å². The molecule has 0 fully saturated rings. The van der Waals surface area contributed by atoms with Crippen molar-refractivity contribution in [3.63, 3.8) is 0 Å². The lowest BCUT2D eigenvalue weighted by Gasteiger charge is -2.11. The first-order valence-corrected chi connectivity index (χ1v) is 7.11. The summed E-state index contributed by atoms with van der Waals surface area (Å²) in [5.41, 5.74) is 0.758. The molecule has 0 aliphatic rings. The van der Waals surface area contributed by atoms with Crippen LogP contribution in [0.2, 0.25) is 0 Å². The van der Waals surface area contributed by atoms with E-state index in [1.807, 2.05) is 0 Å². The lowest BCUT2D eigenvalue weighted by Crippen LogP contribution is -2.20. The number of benzene rings is 1. The molecule has 0 saturated carbocycles. The van der Waals surface area contributed by atoms with Crippen LogP contribution in [0.5, 0.6) is 0 Å². The van der Waals surface area contributed by atoms with E-state index < -0.39 is 23.6 Å². The summed E-state index contributed by atoms with van der Waals surface area (Å²) in [6.45, 7) is 1.41. The van der Waals surface area contributed by atoms with E-state index >= 15 is 0 Å². The molecule has 0 radical (unpaired) electrons. The zero-order valence-corrected chi connectivity index (χ0v) is 13.0. The molecular formula is C15H14F3N3O4. The fourth-order valence-electron chi connectivity index (χ4n) is 2.18. The Morgan fingerprint density at radius 1 is 1.28 bits per heavy atom. The minimum Gasteiger partial charge on any atom is -0.465 e. The van der Waals surface area contributed by atoms with Crippen molar-refractivity contribution in [3.8, 4) is 11.3 Å². The standard InChI is InChI=1S/C15H14F3N3O4/c1-2-25-12(22)8-21-13(11(7-19-21)14(23)20-24)9-3-5-10(6-4-9)15(16,17)18/h3-7,24H,2,8H2,1H3,(H,20,23). The zero-order chi connectivity index (χ0) is 18.6. The van der Waals surface area contributed by atoms with Gasteiger partial charge in [-0.25, -0.2) is 5.48 Å². The van der Waals surface area contributed by atoms with Crippen molar-refractivity contribution >= 4 is 11.9 Å². The van der Waals surface area contributed by atoms with Crippen molar-refractivity contribution in [2.24, 2.45) is 0 Å². The fraction of sp³-hybridized carbons (Fsp3) is 0.267. The number of esters is 1. The van der Waals surface area contributed by atoms with Crippen LogP contribution in [0, 0.1) is 0 Å². The SMILES string of the molecule is CCOC(=O)Cn1ncc(C(=O)NO)c1-c1ccc(C(F)(F)F)cc1. The lowest BCUT2D eigenvalue weighted by molar-refractivity contribution is -0.144. The molecule has 1 aromatic carbocycles. The van der Waals surface area contributed by atoms with Crippen molar-refractivity contribution in [1.29, 1.82) is 0 Å². The van der Waals surface area contributed by atoms with Gasteiger partial charge in [-0.2, -0.15) is 18.3 Å². The molecule has 2 rings (SSSR count). The molecular weight excluding hydrogens is 343 g/mol. The molecule has 0 atom stereocenters. The number of ether oxygens (including phenoxy) is 1. The molecule has 0 unspecified atom stereocenters. The van der Waals surface area contributed by atoms with Crippen molar-refractivity contribution in [2.75, 3.05) is 6.61 Å². The number of hydroxylamine groups is 1. The van der Waals surface area contributed by atoms with Crippen LogP contribution in [0.15, 0.2) is 30.5 Å². The molecule has 0 aliphatic carbocycles. The van der Waals surface area contributed by atoms with Gasteiger partial charge in [-0.1, -0.05) is 12.1 Å². The molecule has 2 aromatic rings. The molecule has 25 heavy (non-hydrogen) atoms. The van der Waals surface area contributed by atoms with Crippen molar-refractivity contribution in [2.45, 2.75) is 19.6 Å². The second-order valence-corrected chi connectivity index (χ2v) is 4.89. The third kappa shape index (κ3) is 4.15. The van der Waals surface area contributed by atoms with Crippen molar-refractivity contribution < 1.29 is 32.7 Å². The van der Waals surface area contributed by atoms with Gasteiger partial charge in [0.15, 0.2) is 0 Å². The number of aromatic nitrogens is 2. The minimum absolute atomic E-state index is 0.0772. The van der Waals surface area contributed by atoms with Crippen LogP contribution in [0.25, 0.3) is 11.3 Å². The van der Waals surface area contributed by atoms with Crippen LogP contribution >= 0.6 is 0 Å². The van der Waals surface area contributed by atoms with E-state index in [0.29, 0.717) is 0 Å². The fourth-order valence-corrected chi connectivity index (χ4v) is 2.18. The van der Waals surface area contributed by atoms with Crippen LogP contribution in [0.4, 0.5) is 13.2 Å². The number of alkyl halides is 3. The number of hydrogen-bond acceptors (Lipinski definition) is 5.